The molecular weight excluding hydrogens is 278 g/mol. The van der Waals surface area contributed by atoms with E-state index in [1.807, 2.05) is 4.90 Å². The number of ether oxygens (including phenoxy) is 1. The van der Waals surface area contributed by atoms with Gasteiger partial charge in [0.1, 0.15) is 0 Å². The van der Waals surface area contributed by atoms with E-state index >= 15 is 0 Å². The van der Waals surface area contributed by atoms with Crippen molar-refractivity contribution in [3.63, 3.8) is 0 Å². The molecule has 8 heteroatoms. The Bertz CT molecular complexity index is 567. The first-order valence-electron chi connectivity index (χ1n) is 6.41. The molecule has 0 amide bonds. The van der Waals surface area contributed by atoms with E-state index in [4.69, 9.17) is 9.57 Å². The lowest BCUT2D eigenvalue weighted by Crippen LogP contribution is -2.41. The summed E-state index contributed by atoms with van der Waals surface area (Å²) in [6.45, 7) is 3.43. The Kier molecular flexibility index (Phi) is 4.83. The third-order valence-electron chi connectivity index (χ3n) is 2.89. The summed E-state index contributed by atoms with van der Waals surface area (Å²) in [6.07, 6.45) is 0. The van der Waals surface area contributed by atoms with Gasteiger partial charge in [0.05, 0.1) is 18.1 Å². The monoisotopic (exact) mass is 293 g/mol. The van der Waals surface area contributed by atoms with Crippen LogP contribution in [-0.4, -0.2) is 47.9 Å². The van der Waals surface area contributed by atoms with Gasteiger partial charge >= 0.3 is 5.97 Å². The van der Waals surface area contributed by atoms with E-state index in [1.165, 1.54) is 19.1 Å². The van der Waals surface area contributed by atoms with E-state index in [0.29, 0.717) is 37.7 Å². The molecule has 0 N–H and O–H groups in total. The van der Waals surface area contributed by atoms with Crippen molar-refractivity contribution in [2.45, 2.75) is 6.92 Å². The van der Waals surface area contributed by atoms with Crippen LogP contribution in [0, 0.1) is 10.1 Å². The Morgan fingerprint density at radius 3 is 2.76 bits per heavy atom. The number of hydrogen-bond donors (Lipinski definition) is 0. The molecule has 1 saturated heterocycles. The van der Waals surface area contributed by atoms with E-state index in [2.05, 4.69) is 5.16 Å². The molecule has 1 aliphatic heterocycles. The zero-order valence-corrected chi connectivity index (χ0v) is 11.5. The number of carbonyl (C=O) groups excluding carboxylic acids is 1. The molecule has 1 heterocycles. The van der Waals surface area contributed by atoms with E-state index in [-0.39, 0.29) is 5.69 Å². The van der Waals surface area contributed by atoms with Crippen LogP contribution in [0.1, 0.15) is 12.5 Å². The minimum Gasteiger partial charge on any atom is -0.378 e. The maximum absolute atomic E-state index is 11.0. The number of amidine groups is 1. The second kappa shape index (κ2) is 6.80. The average Bonchev–Trinajstić information content (AvgIpc) is 2.48. The van der Waals surface area contributed by atoms with Crippen LogP contribution in [0.3, 0.4) is 0 Å². The van der Waals surface area contributed by atoms with Crippen molar-refractivity contribution in [1.29, 1.82) is 0 Å². The van der Waals surface area contributed by atoms with Gasteiger partial charge in [0.15, 0.2) is 5.84 Å². The minimum absolute atomic E-state index is 0.0451. The molecule has 0 bridgehead atoms. The van der Waals surface area contributed by atoms with Crippen molar-refractivity contribution in [3.8, 4) is 0 Å². The van der Waals surface area contributed by atoms with Crippen LogP contribution in [0.2, 0.25) is 0 Å². The molecule has 0 atom stereocenters. The third kappa shape index (κ3) is 3.99. The number of hydrogen-bond acceptors (Lipinski definition) is 6. The van der Waals surface area contributed by atoms with Gasteiger partial charge in [0.25, 0.3) is 5.69 Å². The van der Waals surface area contributed by atoms with Crippen LogP contribution < -0.4 is 0 Å². The van der Waals surface area contributed by atoms with Crippen molar-refractivity contribution in [1.82, 2.24) is 4.90 Å². The number of nitro groups is 1. The molecule has 8 nitrogen and oxygen atoms in total. The van der Waals surface area contributed by atoms with Crippen LogP contribution in [0.5, 0.6) is 0 Å². The summed E-state index contributed by atoms with van der Waals surface area (Å²) in [6, 6.07) is 6.05. The Morgan fingerprint density at radius 2 is 2.14 bits per heavy atom. The molecule has 0 unspecified atom stereocenters. The quantitative estimate of drug-likeness (QED) is 0.273. The molecule has 1 fully saturated rings. The molecule has 1 aromatic carbocycles. The van der Waals surface area contributed by atoms with E-state index in [1.54, 1.807) is 12.1 Å². The van der Waals surface area contributed by atoms with Crippen LogP contribution >= 0.6 is 0 Å². The SMILES string of the molecule is CC(=O)O/N=C(\c1cccc([N+](=O)[O-])c1)N1CCOCC1. The van der Waals surface area contributed by atoms with Gasteiger partial charge in [0.2, 0.25) is 0 Å². The Morgan fingerprint density at radius 1 is 1.43 bits per heavy atom. The van der Waals surface area contributed by atoms with Crippen molar-refractivity contribution in [2.75, 3.05) is 26.3 Å². The fourth-order valence-electron chi connectivity index (χ4n) is 1.93. The Labute approximate surface area is 121 Å². The molecule has 1 aromatic rings. The van der Waals surface area contributed by atoms with Crippen LogP contribution in [0.25, 0.3) is 0 Å². The zero-order valence-electron chi connectivity index (χ0n) is 11.5. The highest BCUT2D eigenvalue weighted by Gasteiger charge is 2.20. The van der Waals surface area contributed by atoms with Crippen molar-refractivity contribution < 1.29 is 19.3 Å². The maximum Gasteiger partial charge on any atom is 0.332 e. The van der Waals surface area contributed by atoms with Crippen molar-refractivity contribution in [2.24, 2.45) is 5.16 Å². The maximum atomic E-state index is 11.0. The smallest absolute Gasteiger partial charge is 0.332 e. The number of morpholine rings is 1. The summed E-state index contributed by atoms with van der Waals surface area (Å²) in [5.74, 6) is -0.164. The molecule has 21 heavy (non-hydrogen) atoms. The summed E-state index contributed by atoms with van der Waals surface area (Å²) in [5, 5.41) is 14.7. The first kappa shape index (κ1) is 14.9. The Balaban J connectivity index is 2.33. The predicted molar refractivity (Wildman–Crippen MR) is 73.8 cm³/mol. The van der Waals surface area contributed by atoms with Gasteiger partial charge in [-0.05, 0) is 0 Å². The van der Waals surface area contributed by atoms with E-state index < -0.39 is 10.9 Å². The molecule has 0 spiro atoms. The first-order chi connectivity index (χ1) is 10.1. The molecule has 0 aliphatic carbocycles. The highest BCUT2D eigenvalue weighted by Crippen LogP contribution is 2.16. The number of benzene rings is 1. The molecular formula is C13H15N3O5. The molecule has 112 valence electrons. The van der Waals surface area contributed by atoms with Gasteiger partial charge < -0.3 is 14.5 Å². The molecule has 0 radical (unpaired) electrons. The second-order valence-electron chi connectivity index (χ2n) is 4.40. The normalized spacial score (nSPS) is 15.7. The summed E-state index contributed by atoms with van der Waals surface area (Å²) < 4.78 is 5.26. The number of nitrogens with zero attached hydrogens (tertiary/aromatic N) is 3. The molecule has 0 saturated carbocycles. The zero-order chi connectivity index (χ0) is 15.2. The fourth-order valence-corrected chi connectivity index (χ4v) is 1.93. The first-order valence-corrected chi connectivity index (χ1v) is 6.41. The standard InChI is InChI=1S/C13H15N3O5/c1-10(17)21-14-13(15-5-7-20-8-6-15)11-3-2-4-12(9-11)16(18)19/h2-4,9H,5-8H2,1H3/b14-13+. The van der Waals surface area contributed by atoms with E-state index in [9.17, 15) is 14.9 Å². The lowest BCUT2D eigenvalue weighted by Gasteiger charge is -2.29. The molecule has 2 rings (SSSR count). The topological polar surface area (TPSA) is 94.3 Å². The summed E-state index contributed by atoms with van der Waals surface area (Å²) in [5.41, 5.74) is 0.476. The number of rotatable bonds is 3. The lowest BCUT2D eigenvalue weighted by atomic mass is 10.1. The third-order valence-corrected chi connectivity index (χ3v) is 2.89. The summed E-state index contributed by atoms with van der Waals surface area (Å²) in [7, 11) is 0. The minimum atomic E-state index is -0.550. The summed E-state index contributed by atoms with van der Waals surface area (Å²) in [4.78, 5) is 27.9. The van der Waals surface area contributed by atoms with Gasteiger partial charge in [-0.25, -0.2) is 4.79 Å². The second-order valence-corrected chi connectivity index (χ2v) is 4.40. The van der Waals surface area contributed by atoms with Gasteiger partial charge in [0, 0.05) is 37.7 Å². The number of nitro benzene ring substituents is 1. The van der Waals surface area contributed by atoms with Gasteiger partial charge in [-0.1, -0.05) is 17.3 Å². The largest absolute Gasteiger partial charge is 0.378 e. The predicted octanol–water partition coefficient (Wildman–Crippen LogP) is 1.15. The van der Waals surface area contributed by atoms with E-state index in [0.717, 1.165) is 0 Å². The van der Waals surface area contributed by atoms with Crippen LogP contribution in [0.15, 0.2) is 29.4 Å². The van der Waals surface area contributed by atoms with Crippen molar-refractivity contribution >= 4 is 17.5 Å². The van der Waals surface area contributed by atoms with Gasteiger partial charge in [-0.3, -0.25) is 10.1 Å². The van der Waals surface area contributed by atoms with Gasteiger partial charge in [-0.15, -0.1) is 0 Å². The fraction of sp³-hybridized carbons (Fsp3) is 0.385. The Hall–Kier alpha value is -2.48. The van der Waals surface area contributed by atoms with Crippen LogP contribution in [0.4, 0.5) is 5.69 Å². The highest BCUT2D eigenvalue weighted by molar-refractivity contribution is 5.99. The molecule has 1 aliphatic rings. The number of oxime groups is 1. The average molecular weight is 293 g/mol. The number of carbonyl (C=O) groups is 1. The lowest BCUT2D eigenvalue weighted by molar-refractivity contribution is -0.384. The summed E-state index contributed by atoms with van der Waals surface area (Å²) >= 11 is 0. The molecule has 0 aromatic heterocycles. The van der Waals surface area contributed by atoms with Gasteiger partial charge in [-0.2, -0.15) is 0 Å². The van der Waals surface area contributed by atoms with Crippen molar-refractivity contribution in [3.05, 3.63) is 39.9 Å². The number of non-ortho nitro benzene ring substituents is 1. The van der Waals surface area contributed by atoms with Crippen LogP contribution in [-0.2, 0) is 14.4 Å². The highest BCUT2D eigenvalue weighted by atomic mass is 16.7.